The average molecular weight is 268 g/mol. The van der Waals surface area contributed by atoms with Crippen LogP contribution in [0.25, 0.3) is 0 Å². The predicted octanol–water partition coefficient (Wildman–Crippen LogP) is 0.202. The number of nitrogens with zero attached hydrogens (tertiary/aromatic N) is 1. The molecule has 0 aliphatic carbocycles. The summed E-state index contributed by atoms with van der Waals surface area (Å²) in [4.78, 5) is 25.2. The van der Waals surface area contributed by atoms with Gasteiger partial charge in [0.2, 0.25) is 5.91 Å². The highest BCUT2D eigenvalue weighted by Gasteiger charge is 2.23. The Morgan fingerprint density at radius 2 is 2.21 bits per heavy atom. The first-order valence-corrected chi connectivity index (χ1v) is 6.80. The van der Waals surface area contributed by atoms with Crippen LogP contribution in [0.2, 0.25) is 0 Å². The molecule has 1 aliphatic rings. The topological polar surface area (TPSA) is 87.5 Å². The number of carbonyl (C=O) groups excluding carboxylic acids is 2. The molecule has 4 N–H and O–H groups in total. The zero-order valence-electron chi connectivity index (χ0n) is 11.4. The van der Waals surface area contributed by atoms with Gasteiger partial charge in [-0.3, -0.25) is 15.0 Å². The van der Waals surface area contributed by atoms with Crippen LogP contribution >= 0.6 is 0 Å². The maximum absolute atomic E-state index is 11.8. The SMILES string of the molecule is C=CCNC(=O)NC(=O)CN1CCCCC1CCN. The Kier molecular flexibility index (Phi) is 7.14. The fraction of sp³-hybridized carbons (Fsp3) is 0.692. The Labute approximate surface area is 114 Å². The van der Waals surface area contributed by atoms with E-state index in [2.05, 4.69) is 22.1 Å². The second-order valence-electron chi connectivity index (χ2n) is 4.74. The second-order valence-corrected chi connectivity index (χ2v) is 4.74. The van der Waals surface area contributed by atoms with Crippen LogP contribution in [0.15, 0.2) is 12.7 Å². The predicted molar refractivity (Wildman–Crippen MR) is 74.6 cm³/mol. The van der Waals surface area contributed by atoms with Gasteiger partial charge < -0.3 is 11.1 Å². The number of urea groups is 1. The van der Waals surface area contributed by atoms with Crippen molar-refractivity contribution in [2.75, 3.05) is 26.2 Å². The number of amides is 3. The number of carbonyl (C=O) groups is 2. The summed E-state index contributed by atoms with van der Waals surface area (Å²) >= 11 is 0. The van der Waals surface area contributed by atoms with Gasteiger partial charge in [0.15, 0.2) is 0 Å². The van der Waals surface area contributed by atoms with Crippen LogP contribution in [-0.4, -0.2) is 49.1 Å². The molecule has 0 aromatic carbocycles. The van der Waals surface area contributed by atoms with Crippen molar-refractivity contribution >= 4 is 11.9 Å². The van der Waals surface area contributed by atoms with Gasteiger partial charge in [-0.15, -0.1) is 6.58 Å². The smallest absolute Gasteiger partial charge is 0.321 e. The number of imide groups is 1. The molecule has 0 radical (unpaired) electrons. The maximum atomic E-state index is 11.8. The third-order valence-electron chi connectivity index (χ3n) is 3.26. The lowest BCUT2D eigenvalue weighted by Crippen LogP contribution is -2.49. The lowest BCUT2D eigenvalue weighted by molar-refractivity contribution is -0.122. The summed E-state index contributed by atoms with van der Waals surface area (Å²) in [5, 5.41) is 4.82. The lowest BCUT2D eigenvalue weighted by atomic mass is 9.99. The lowest BCUT2D eigenvalue weighted by Gasteiger charge is -2.34. The van der Waals surface area contributed by atoms with E-state index < -0.39 is 6.03 Å². The van der Waals surface area contributed by atoms with Gasteiger partial charge in [-0.1, -0.05) is 12.5 Å². The normalized spacial score (nSPS) is 19.7. The summed E-state index contributed by atoms with van der Waals surface area (Å²) in [6, 6.07) is -0.113. The molecule has 0 aromatic rings. The molecule has 0 spiro atoms. The minimum Gasteiger partial charge on any atom is -0.334 e. The van der Waals surface area contributed by atoms with Crippen LogP contribution in [0.3, 0.4) is 0 Å². The fourth-order valence-electron chi connectivity index (χ4n) is 2.35. The molecule has 0 bridgehead atoms. The number of rotatable bonds is 6. The van der Waals surface area contributed by atoms with Gasteiger partial charge >= 0.3 is 6.03 Å². The molecule has 1 atom stereocenters. The van der Waals surface area contributed by atoms with Gasteiger partial charge in [-0.2, -0.15) is 0 Å². The van der Waals surface area contributed by atoms with Crippen LogP contribution in [0.5, 0.6) is 0 Å². The van der Waals surface area contributed by atoms with Crippen molar-refractivity contribution in [2.24, 2.45) is 5.73 Å². The molecule has 1 unspecified atom stereocenters. The molecule has 0 aromatic heterocycles. The molecule has 6 heteroatoms. The minimum atomic E-state index is -0.475. The minimum absolute atomic E-state index is 0.256. The van der Waals surface area contributed by atoms with E-state index in [4.69, 9.17) is 5.73 Å². The van der Waals surface area contributed by atoms with E-state index in [0.717, 1.165) is 25.8 Å². The van der Waals surface area contributed by atoms with Gasteiger partial charge in [0.1, 0.15) is 0 Å². The molecule has 1 saturated heterocycles. The molecule has 3 amide bonds. The summed E-state index contributed by atoms with van der Waals surface area (Å²) in [6.07, 6.45) is 5.81. The fourth-order valence-corrected chi connectivity index (χ4v) is 2.35. The third kappa shape index (κ3) is 5.85. The second kappa shape index (κ2) is 8.66. The van der Waals surface area contributed by atoms with Crippen LogP contribution in [-0.2, 0) is 4.79 Å². The van der Waals surface area contributed by atoms with Crippen molar-refractivity contribution in [3.8, 4) is 0 Å². The van der Waals surface area contributed by atoms with Crippen molar-refractivity contribution < 1.29 is 9.59 Å². The summed E-state index contributed by atoms with van der Waals surface area (Å²) < 4.78 is 0. The zero-order chi connectivity index (χ0) is 14.1. The third-order valence-corrected chi connectivity index (χ3v) is 3.26. The summed E-state index contributed by atoms with van der Waals surface area (Å²) in [5.41, 5.74) is 5.59. The molecular weight excluding hydrogens is 244 g/mol. The van der Waals surface area contributed by atoms with Crippen molar-refractivity contribution in [3.63, 3.8) is 0 Å². The Morgan fingerprint density at radius 3 is 2.89 bits per heavy atom. The molecule has 1 rings (SSSR count). The molecule has 1 heterocycles. The van der Waals surface area contributed by atoms with Crippen molar-refractivity contribution in [1.82, 2.24) is 15.5 Å². The number of hydrogen-bond donors (Lipinski definition) is 3. The largest absolute Gasteiger partial charge is 0.334 e. The monoisotopic (exact) mass is 268 g/mol. The van der Waals surface area contributed by atoms with Crippen molar-refractivity contribution in [2.45, 2.75) is 31.7 Å². The van der Waals surface area contributed by atoms with E-state index in [9.17, 15) is 9.59 Å². The van der Waals surface area contributed by atoms with E-state index in [0.29, 0.717) is 19.1 Å². The first kappa shape index (κ1) is 15.7. The van der Waals surface area contributed by atoms with E-state index in [1.165, 1.54) is 6.42 Å². The molecule has 19 heavy (non-hydrogen) atoms. The van der Waals surface area contributed by atoms with Crippen molar-refractivity contribution in [3.05, 3.63) is 12.7 Å². The zero-order valence-corrected chi connectivity index (χ0v) is 11.4. The highest BCUT2D eigenvalue weighted by molar-refractivity contribution is 5.95. The van der Waals surface area contributed by atoms with Gasteiger partial charge in [-0.05, 0) is 32.4 Å². The van der Waals surface area contributed by atoms with Gasteiger partial charge in [-0.25, -0.2) is 4.79 Å². The Bertz CT molecular complexity index is 318. The van der Waals surface area contributed by atoms with E-state index in [-0.39, 0.29) is 12.5 Å². The summed E-state index contributed by atoms with van der Waals surface area (Å²) in [5.74, 6) is -0.273. The molecule has 108 valence electrons. The molecule has 6 nitrogen and oxygen atoms in total. The number of likely N-dealkylation sites (tertiary alicyclic amines) is 1. The first-order chi connectivity index (χ1) is 9.17. The summed E-state index contributed by atoms with van der Waals surface area (Å²) in [7, 11) is 0. The number of hydrogen-bond acceptors (Lipinski definition) is 4. The Morgan fingerprint density at radius 1 is 1.42 bits per heavy atom. The first-order valence-electron chi connectivity index (χ1n) is 6.80. The van der Waals surface area contributed by atoms with Crippen LogP contribution in [0.4, 0.5) is 4.79 Å². The number of nitrogens with two attached hydrogens (primary N) is 1. The standard InChI is InChI=1S/C13H24N4O2/c1-2-8-15-13(19)16-12(18)10-17-9-4-3-5-11(17)6-7-14/h2,11H,1,3-10,14H2,(H2,15,16,18,19). The highest BCUT2D eigenvalue weighted by atomic mass is 16.2. The maximum Gasteiger partial charge on any atom is 0.321 e. The highest BCUT2D eigenvalue weighted by Crippen LogP contribution is 2.18. The quantitative estimate of drug-likeness (QED) is 0.601. The Balaban J connectivity index is 2.36. The van der Waals surface area contributed by atoms with Crippen LogP contribution in [0.1, 0.15) is 25.7 Å². The molecule has 1 fully saturated rings. The summed E-state index contributed by atoms with van der Waals surface area (Å²) in [6.45, 7) is 5.61. The van der Waals surface area contributed by atoms with Gasteiger partial charge in [0.25, 0.3) is 0 Å². The van der Waals surface area contributed by atoms with Gasteiger partial charge in [0.05, 0.1) is 6.54 Å². The van der Waals surface area contributed by atoms with Crippen LogP contribution in [0, 0.1) is 0 Å². The average Bonchev–Trinajstić information content (AvgIpc) is 2.39. The molecular formula is C13H24N4O2. The van der Waals surface area contributed by atoms with E-state index in [1.54, 1.807) is 6.08 Å². The van der Waals surface area contributed by atoms with Crippen LogP contribution < -0.4 is 16.4 Å². The van der Waals surface area contributed by atoms with E-state index in [1.807, 2.05) is 0 Å². The molecule has 1 aliphatic heterocycles. The van der Waals surface area contributed by atoms with E-state index >= 15 is 0 Å². The number of piperidine rings is 1. The van der Waals surface area contributed by atoms with Crippen molar-refractivity contribution in [1.29, 1.82) is 0 Å². The Hall–Kier alpha value is -1.40. The number of nitrogens with one attached hydrogen (secondary N) is 2. The van der Waals surface area contributed by atoms with Gasteiger partial charge in [0, 0.05) is 12.6 Å². The molecule has 0 saturated carbocycles.